The van der Waals surface area contributed by atoms with Crippen LogP contribution < -0.4 is 5.73 Å². The van der Waals surface area contributed by atoms with Crippen LogP contribution in [0.1, 0.15) is 38.7 Å². The lowest BCUT2D eigenvalue weighted by molar-refractivity contribution is 0.473. The molecule has 18 heavy (non-hydrogen) atoms. The maximum atomic E-state index is 5.72. The first-order chi connectivity index (χ1) is 8.67. The van der Waals surface area contributed by atoms with Crippen molar-refractivity contribution >= 4 is 11.0 Å². The summed E-state index contributed by atoms with van der Waals surface area (Å²) in [6.07, 6.45) is 2.96. The van der Waals surface area contributed by atoms with Crippen LogP contribution in [0.2, 0.25) is 0 Å². The molecular weight excluding hydrogens is 222 g/mol. The second-order valence-electron chi connectivity index (χ2n) is 5.21. The number of rotatable bonds is 5. The second kappa shape index (κ2) is 5.53. The van der Waals surface area contributed by atoms with Crippen molar-refractivity contribution in [3.8, 4) is 0 Å². The molecule has 0 aliphatic rings. The van der Waals surface area contributed by atoms with Crippen molar-refractivity contribution in [2.75, 3.05) is 6.54 Å². The van der Waals surface area contributed by atoms with E-state index in [0.29, 0.717) is 11.8 Å². The molecule has 0 aliphatic heterocycles. The van der Waals surface area contributed by atoms with Gasteiger partial charge in [0.1, 0.15) is 0 Å². The maximum Gasteiger partial charge on any atom is 0.0958 e. The Morgan fingerprint density at radius 1 is 1.33 bits per heavy atom. The van der Waals surface area contributed by atoms with Crippen molar-refractivity contribution in [3.63, 3.8) is 0 Å². The molecule has 0 spiro atoms. The summed E-state index contributed by atoms with van der Waals surface area (Å²) in [5.41, 5.74) is 9.40. The van der Waals surface area contributed by atoms with Crippen molar-refractivity contribution in [1.82, 2.24) is 9.55 Å². The predicted octanol–water partition coefficient (Wildman–Crippen LogP) is 3.14. The first-order valence-corrected chi connectivity index (χ1v) is 6.82. The van der Waals surface area contributed by atoms with Crippen LogP contribution in [-0.4, -0.2) is 16.1 Å². The third-order valence-electron chi connectivity index (χ3n) is 3.70. The quantitative estimate of drug-likeness (QED) is 0.879. The molecule has 2 N–H and O–H groups in total. The molecule has 0 fully saturated rings. The van der Waals surface area contributed by atoms with Gasteiger partial charge in [0, 0.05) is 6.54 Å². The fourth-order valence-electron chi connectivity index (χ4n) is 2.63. The molecule has 98 valence electrons. The lowest BCUT2D eigenvalue weighted by Gasteiger charge is -2.20. The van der Waals surface area contributed by atoms with E-state index in [1.54, 1.807) is 0 Å². The predicted molar refractivity (Wildman–Crippen MR) is 76.7 cm³/mol. The molecular formula is C15H23N3. The Balaban J connectivity index is 2.39. The SMILES string of the molecule is CCn1cnc2cc(C(CCN)C(C)C)ccc21. The number of nitrogens with zero attached hydrogens (tertiary/aromatic N) is 2. The second-order valence-corrected chi connectivity index (χ2v) is 5.21. The van der Waals surface area contributed by atoms with Gasteiger partial charge in [-0.05, 0) is 49.4 Å². The highest BCUT2D eigenvalue weighted by molar-refractivity contribution is 5.76. The number of benzene rings is 1. The molecule has 3 heteroatoms. The topological polar surface area (TPSA) is 43.8 Å². The minimum Gasteiger partial charge on any atom is -0.331 e. The van der Waals surface area contributed by atoms with Gasteiger partial charge in [-0.1, -0.05) is 19.9 Å². The number of hydrogen-bond acceptors (Lipinski definition) is 2. The Hall–Kier alpha value is -1.35. The summed E-state index contributed by atoms with van der Waals surface area (Å²) in [7, 11) is 0. The molecule has 3 nitrogen and oxygen atoms in total. The van der Waals surface area contributed by atoms with E-state index in [2.05, 4.69) is 48.5 Å². The van der Waals surface area contributed by atoms with E-state index in [-0.39, 0.29) is 0 Å². The van der Waals surface area contributed by atoms with Gasteiger partial charge in [0.15, 0.2) is 0 Å². The van der Waals surface area contributed by atoms with E-state index in [0.717, 1.165) is 25.0 Å². The lowest BCUT2D eigenvalue weighted by Crippen LogP contribution is -2.12. The number of imidazole rings is 1. The molecule has 1 unspecified atom stereocenters. The van der Waals surface area contributed by atoms with Crippen molar-refractivity contribution in [1.29, 1.82) is 0 Å². The Bertz CT molecular complexity index is 513. The van der Waals surface area contributed by atoms with E-state index in [4.69, 9.17) is 5.73 Å². The normalized spacial score (nSPS) is 13.4. The third-order valence-corrected chi connectivity index (χ3v) is 3.70. The highest BCUT2D eigenvalue weighted by Gasteiger charge is 2.16. The molecule has 2 aromatic rings. The number of fused-ring (bicyclic) bond motifs is 1. The molecule has 2 rings (SSSR count). The van der Waals surface area contributed by atoms with Gasteiger partial charge in [-0.2, -0.15) is 0 Å². The number of hydrogen-bond donors (Lipinski definition) is 1. The van der Waals surface area contributed by atoms with Crippen LogP contribution >= 0.6 is 0 Å². The van der Waals surface area contributed by atoms with Gasteiger partial charge in [0.25, 0.3) is 0 Å². The van der Waals surface area contributed by atoms with Gasteiger partial charge in [0.05, 0.1) is 17.4 Å². The molecule has 0 radical (unpaired) electrons. The molecule has 1 aromatic carbocycles. The van der Waals surface area contributed by atoms with E-state index in [9.17, 15) is 0 Å². The maximum absolute atomic E-state index is 5.72. The van der Waals surface area contributed by atoms with Crippen molar-refractivity contribution < 1.29 is 0 Å². The summed E-state index contributed by atoms with van der Waals surface area (Å²) >= 11 is 0. The lowest BCUT2D eigenvalue weighted by atomic mass is 9.85. The summed E-state index contributed by atoms with van der Waals surface area (Å²) in [4.78, 5) is 4.48. The monoisotopic (exact) mass is 245 g/mol. The minimum atomic E-state index is 0.533. The van der Waals surface area contributed by atoms with Crippen molar-refractivity contribution in [3.05, 3.63) is 30.1 Å². The summed E-state index contributed by atoms with van der Waals surface area (Å²) < 4.78 is 2.17. The van der Waals surface area contributed by atoms with E-state index in [1.807, 2.05) is 6.33 Å². The van der Waals surface area contributed by atoms with Crippen LogP contribution in [0.3, 0.4) is 0 Å². The highest BCUT2D eigenvalue weighted by atomic mass is 15.0. The fraction of sp³-hybridized carbons (Fsp3) is 0.533. The smallest absolute Gasteiger partial charge is 0.0958 e. The summed E-state index contributed by atoms with van der Waals surface area (Å²) in [6, 6.07) is 6.64. The first-order valence-electron chi connectivity index (χ1n) is 6.82. The molecule has 1 aromatic heterocycles. The van der Waals surface area contributed by atoms with Gasteiger partial charge in [0.2, 0.25) is 0 Å². The summed E-state index contributed by atoms with van der Waals surface area (Å²) in [5, 5.41) is 0. The zero-order valence-corrected chi connectivity index (χ0v) is 11.6. The van der Waals surface area contributed by atoms with Crippen LogP contribution in [0.15, 0.2) is 24.5 Å². The van der Waals surface area contributed by atoms with Crippen LogP contribution in [0.25, 0.3) is 11.0 Å². The van der Waals surface area contributed by atoms with Crippen LogP contribution in [-0.2, 0) is 6.54 Å². The van der Waals surface area contributed by atoms with Crippen LogP contribution in [0.5, 0.6) is 0 Å². The zero-order valence-electron chi connectivity index (χ0n) is 11.6. The Morgan fingerprint density at radius 3 is 2.72 bits per heavy atom. The zero-order chi connectivity index (χ0) is 13.1. The molecule has 0 bridgehead atoms. The molecule has 1 heterocycles. The average molecular weight is 245 g/mol. The molecule has 0 aliphatic carbocycles. The molecule has 0 amide bonds. The van der Waals surface area contributed by atoms with Gasteiger partial charge in [-0.3, -0.25) is 0 Å². The number of nitrogens with two attached hydrogens (primary N) is 1. The molecule has 0 saturated heterocycles. The van der Waals surface area contributed by atoms with Gasteiger partial charge in [-0.15, -0.1) is 0 Å². The number of aryl methyl sites for hydroxylation is 1. The largest absolute Gasteiger partial charge is 0.331 e. The Labute approximate surface area is 109 Å². The average Bonchev–Trinajstić information content (AvgIpc) is 2.77. The summed E-state index contributed by atoms with van der Waals surface area (Å²) in [5.74, 6) is 1.14. The number of aromatic nitrogens is 2. The van der Waals surface area contributed by atoms with Crippen molar-refractivity contribution in [2.24, 2.45) is 11.7 Å². The fourth-order valence-corrected chi connectivity index (χ4v) is 2.63. The van der Waals surface area contributed by atoms with Crippen LogP contribution in [0, 0.1) is 5.92 Å². The third kappa shape index (κ3) is 2.41. The standard InChI is InChI=1S/C15H23N3/c1-4-18-10-17-14-9-12(5-6-15(14)18)13(7-8-16)11(2)3/h5-6,9-11,13H,4,7-8,16H2,1-3H3. The van der Waals surface area contributed by atoms with Gasteiger partial charge in [-0.25, -0.2) is 4.98 Å². The Morgan fingerprint density at radius 2 is 2.11 bits per heavy atom. The van der Waals surface area contributed by atoms with Crippen molar-refractivity contribution in [2.45, 2.75) is 39.7 Å². The molecule has 0 saturated carbocycles. The van der Waals surface area contributed by atoms with Gasteiger partial charge < -0.3 is 10.3 Å². The van der Waals surface area contributed by atoms with E-state index in [1.165, 1.54) is 11.1 Å². The summed E-state index contributed by atoms with van der Waals surface area (Å²) in [6.45, 7) is 8.36. The van der Waals surface area contributed by atoms with Crippen LogP contribution in [0.4, 0.5) is 0 Å². The van der Waals surface area contributed by atoms with Gasteiger partial charge >= 0.3 is 0 Å². The highest BCUT2D eigenvalue weighted by Crippen LogP contribution is 2.29. The van der Waals surface area contributed by atoms with E-state index < -0.39 is 0 Å². The molecule has 1 atom stereocenters. The Kier molecular flexibility index (Phi) is 4.02. The first kappa shape index (κ1) is 13.1. The van der Waals surface area contributed by atoms with E-state index >= 15 is 0 Å². The minimum absolute atomic E-state index is 0.533.